The fraction of sp³-hybridized carbons (Fsp3) is 0.333. The maximum atomic E-state index is 11.8. The molecule has 0 unspecified atom stereocenters. The first kappa shape index (κ1) is 14.9. The Kier molecular flexibility index (Phi) is 4.81. The topological polar surface area (TPSA) is 82.2 Å². The van der Waals surface area contributed by atoms with Gasteiger partial charge in [0.05, 0.1) is 29.7 Å². The van der Waals surface area contributed by atoms with Crippen LogP contribution in [0, 0.1) is 0 Å². The molecular weight excluding hydrogens is 268 g/mol. The number of ether oxygens (including phenoxy) is 1. The van der Waals surface area contributed by atoms with E-state index in [1.165, 1.54) is 0 Å². The summed E-state index contributed by atoms with van der Waals surface area (Å²) < 4.78 is 6.75. The van der Waals surface area contributed by atoms with E-state index in [1.807, 2.05) is 25.5 Å². The zero-order chi connectivity index (χ0) is 15.2. The number of nitrogens with zero attached hydrogens (tertiary/aromatic N) is 2. The summed E-state index contributed by atoms with van der Waals surface area (Å²) in [5.74, 6) is -0.397. The smallest absolute Gasteiger partial charge is 0.340 e. The van der Waals surface area contributed by atoms with Crippen LogP contribution in [0.4, 0.5) is 11.4 Å². The molecule has 0 bridgehead atoms. The lowest BCUT2D eigenvalue weighted by Gasteiger charge is -2.12. The maximum absolute atomic E-state index is 11.8. The molecule has 2 aromatic rings. The highest BCUT2D eigenvalue weighted by Gasteiger charge is 2.13. The highest BCUT2D eigenvalue weighted by atomic mass is 16.5. The van der Waals surface area contributed by atoms with Crippen LogP contribution in [0.1, 0.15) is 22.8 Å². The Morgan fingerprint density at radius 3 is 2.95 bits per heavy atom. The van der Waals surface area contributed by atoms with Gasteiger partial charge in [-0.25, -0.2) is 4.79 Å². The lowest BCUT2D eigenvalue weighted by atomic mass is 10.1. The number of nitrogen functional groups attached to an aromatic ring is 1. The van der Waals surface area contributed by atoms with Crippen LogP contribution >= 0.6 is 0 Å². The summed E-state index contributed by atoms with van der Waals surface area (Å²) in [6.07, 6.45) is 4.64. The average Bonchev–Trinajstić information content (AvgIpc) is 2.86. The van der Waals surface area contributed by atoms with Crippen molar-refractivity contribution >= 4 is 17.3 Å². The molecule has 1 heterocycles. The van der Waals surface area contributed by atoms with Gasteiger partial charge in [-0.15, -0.1) is 0 Å². The van der Waals surface area contributed by atoms with Crippen molar-refractivity contribution in [3.63, 3.8) is 0 Å². The summed E-state index contributed by atoms with van der Waals surface area (Å²) in [6.45, 7) is 2.81. The molecule has 2 rings (SSSR count). The Labute approximate surface area is 123 Å². The second-order valence-corrected chi connectivity index (χ2v) is 4.69. The van der Waals surface area contributed by atoms with E-state index < -0.39 is 5.97 Å². The van der Waals surface area contributed by atoms with Crippen molar-refractivity contribution in [2.45, 2.75) is 13.3 Å². The van der Waals surface area contributed by atoms with Crippen LogP contribution in [0.2, 0.25) is 0 Å². The summed E-state index contributed by atoms with van der Waals surface area (Å²) in [5, 5.41) is 7.36. The summed E-state index contributed by atoms with van der Waals surface area (Å²) in [6, 6.07) is 5.30. The summed E-state index contributed by atoms with van der Waals surface area (Å²) in [7, 11) is 1.89. The monoisotopic (exact) mass is 288 g/mol. The number of rotatable bonds is 6. The zero-order valence-corrected chi connectivity index (χ0v) is 12.3. The van der Waals surface area contributed by atoms with Crippen molar-refractivity contribution in [3.8, 4) is 0 Å². The van der Waals surface area contributed by atoms with Gasteiger partial charge >= 0.3 is 5.97 Å². The number of aromatic nitrogens is 2. The number of nitrogens with one attached hydrogen (secondary N) is 1. The molecule has 0 saturated heterocycles. The number of hydrogen-bond donors (Lipinski definition) is 2. The summed E-state index contributed by atoms with van der Waals surface area (Å²) in [4.78, 5) is 11.8. The third kappa shape index (κ3) is 3.75. The van der Waals surface area contributed by atoms with E-state index in [4.69, 9.17) is 10.5 Å². The molecule has 0 fully saturated rings. The molecule has 3 N–H and O–H groups in total. The molecule has 1 aromatic carbocycles. The largest absolute Gasteiger partial charge is 0.462 e. The molecule has 6 nitrogen and oxygen atoms in total. The molecule has 0 aliphatic carbocycles. The number of nitrogens with two attached hydrogens (primary N) is 1. The normalized spacial score (nSPS) is 10.4. The standard InChI is InChI=1S/C15H20N4O2/c1-3-21-15(20)12-5-4-6-13(14(12)16)17-8-7-11-9-18-19(2)10-11/h4-6,9-10,17H,3,7-8,16H2,1-2H3. The highest BCUT2D eigenvalue weighted by Crippen LogP contribution is 2.23. The van der Waals surface area contributed by atoms with Crippen LogP contribution < -0.4 is 11.1 Å². The minimum Gasteiger partial charge on any atom is -0.462 e. The van der Waals surface area contributed by atoms with E-state index in [9.17, 15) is 4.79 Å². The second kappa shape index (κ2) is 6.78. The Hall–Kier alpha value is -2.50. The van der Waals surface area contributed by atoms with Gasteiger partial charge < -0.3 is 15.8 Å². The Morgan fingerprint density at radius 2 is 2.29 bits per heavy atom. The molecule has 1 aromatic heterocycles. The van der Waals surface area contributed by atoms with Crippen LogP contribution in [-0.2, 0) is 18.2 Å². The lowest BCUT2D eigenvalue weighted by Crippen LogP contribution is -2.12. The van der Waals surface area contributed by atoms with Crippen LogP contribution in [0.3, 0.4) is 0 Å². The van der Waals surface area contributed by atoms with Crippen molar-refractivity contribution < 1.29 is 9.53 Å². The molecule has 0 spiro atoms. The molecule has 112 valence electrons. The molecule has 21 heavy (non-hydrogen) atoms. The molecule has 0 aliphatic rings. The number of hydrogen-bond acceptors (Lipinski definition) is 5. The molecule has 6 heteroatoms. The number of carbonyl (C=O) groups excluding carboxylic acids is 1. The maximum Gasteiger partial charge on any atom is 0.340 e. The predicted molar refractivity (Wildman–Crippen MR) is 82.2 cm³/mol. The van der Waals surface area contributed by atoms with Gasteiger partial charge in [-0.2, -0.15) is 5.10 Å². The van der Waals surface area contributed by atoms with Crippen LogP contribution in [0.25, 0.3) is 0 Å². The lowest BCUT2D eigenvalue weighted by molar-refractivity contribution is 0.0527. The van der Waals surface area contributed by atoms with Gasteiger partial charge in [-0.05, 0) is 31.0 Å². The summed E-state index contributed by atoms with van der Waals surface area (Å²) >= 11 is 0. The van der Waals surface area contributed by atoms with E-state index in [0.29, 0.717) is 24.4 Å². The number of esters is 1. The van der Waals surface area contributed by atoms with Gasteiger partial charge in [-0.3, -0.25) is 4.68 Å². The second-order valence-electron chi connectivity index (χ2n) is 4.69. The number of anilines is 2. The zero-order valence-electron chi connectivity index (χ0n) is 12.3. The molecular formula is C15H20N4O2. The van der Waals surface area contributed by atoms with Gasteiger partial charge in [0, 0.05) is 19.8 Å². The number of benzene rings is 1. The van der Waals surface area contributed by atoms with E-state index in [2.05, 4.69) is 10.4 Å². The van der Waals surface area contributed by atoms with E-state index >= 15 is 0 Å². The molecule has 0 saturated carbocycles. The number of para-hydroxylation sites is 1. The first-order chi connectivity index (χ1) is 10.1. The predicted octanol–water partition coefficient (Wildman–Crippen LogP) is 1.83. The van der Waals surface area contributed by atoms with Gasteiger partial charge in [0.2, 0.25) is 0 Å². The van der Waals surface area contributed by atoms with Gasteiger partial charge in [0.25, 0.3) is 0 Å². The molecule has 0 atom stereocenters. The molecule has 0 aliphatic heterocycles. The first-order valence-electron chi connectivity index (χ1n) is 6.88. The van der Waals surface area contributed by atoms with Crippen molar-refractivity contribution in [2.75, 3.05) is 24.2 Å². The molecule has 0 amide bonds. The van der Waals surface area contributed by atoms with Crippen LogP contribution in [0.5, 0.6) is 0 Å². The van der Waals surface area contributed by atoms with Crippen molar-refractivity contribution in [1.29, 1.82) is 0 Å². The fourth-order valence-electron chi connectivity index (χ4n) is 2.05. The third-order valence-electron chi connectivity index (χ3n) is 3.09. The molecule has 0 radical (unpaired) electrons. The first-order valence-corrected chi connectivity index (χ1v) is 6.88. The Bertz CT molecular complexity index is 622. The van der Waals surface area contributed by atoms with Crippen molar-refractivity contribution in [2.24, 2.45) is 7.05 Å². The van der Waals surface area contributed by atoms with Crippen molar-refractivity contribution in [3.05, 3.63) is 41.7 Å². The third-order valence-corrected chi connectivity index (χ3v) is 3.09. The highest BCUT2D eigenvalue weighted by molar-refractivity contribution is 5.98. The quantitative estimate of drug-likeness (QED) is 0.626. The van der Waals surface area contributed by atoms with Crippen LogP contribution in [-0.4, -0.2) is 28.9 Å². The SMILES string of the molecule is CCOC(=O)c1cccc(NCCc2cnn(C)c2)c1N. The fourth-order valence-corrected chi connectivity index (χ4v) is 2.05. The van der Waals surface area contributed by atoms with Crippen molar-refractivity contribution in [1.82, 2.24) is 9.78 Å². The minimum atomic E-state index is -0.397. The van der Waals surface area contributed by atoms with Gasteiger partial charge in [-0.1, -0.05) is 6.07 Å². The van der Waals surface area contributed by atoms with E-state index in [0.717, 1.165) is 17.7 Å². The summed E-state index contributed by atoms with van der Waals surface area (Å²) in [5.41, 5.74) is 8.71. The van der Waals surface area contributed by atoms with Crippen LogP contribution in [0.15, 0.2) is 30.6 Å². The number of aryl methyl sites for hydroxylation is 1. The van der Waals surface area contributed by atoms with Gasteiger partial charge in [0.1, 0.15) is 0 Å². The van der Waals surface area contributed by atoms with E-state index in [1.54, 1.807) is 23.7 Å². The number of carbonyl (C=O) groups is 1. The Morgan fingerprint density at radius 1 is 1.48 bits per heavy atom. The Balaban J connectivity index is 2.00. The minimum absolute atomic E-state index is 0.330. The van der Waals surface area contributed by atoms with Gasteiger partial charge in [0.15, 0.2) is 0 Å². The average molecular weight is 288 g/mol. The van der Waals surface area contributed by atoms with E-state index in [-0.39, 0.29) is 0 Å².